The molecule has 0 unspecified atom stereocenters. The Morgan fingerprint density at radius 1 is 1.07 bits per heavy atom. The van der Waals surface area contributed by atoms with E-state index in [1.807, 2.05) is 11.8 Å². The number of carbonyl (C=O) groups excluding carboxylic acids is 2. The van der Waals surface area contributed by atoms with Gasteiger partial charge in [0.15, 0.2) is 0 Å². The van der Waals surface area contributed by atoms with Gasteiger partial charge in [0.05, 0.1) is 24.6 Å². The number of hydrogen-bond acceptors (Lipinski definition) is 3. The minimum absolute atomic E-state index is 0.0244. The number of amides is 2. The highest BCUT2D eigenvalue weighted by Gasteiger charge is 2.38. The average Bonchev–Trinajstić information content (AvgIpc) is 2.95. The van der Waals surface area contributed by atoms with E-state index in [1.165, 1.54) is 11.1 Å². The van der Waals surface area contributed by atoms with E-state index < -0.39 is 5.54 Å². The van der Waals surface area contributed by atoms with Gasteiger partial charge in [-0.2, -0.15) is 0 Å². The maximum absolute atomic E-state index is 13.5. The van der Waals surface area contributed by atoms with E-state index in [9.17, 15) is 9.59 Å². The van der Waals surface area contributed by atoms with Crippen LogP contribution >= 0.6 is 0 Å². The fourth-order valence-electron chi connectivity index (χ4n) is 4.85. The van der Waals surface area contributed by atoms with Crippen molar-refractivity contribution in [3.63, 3.8) is 0 Å². The first kappa shape index (κ1) is 21.7. The normalized spacial score (nSPS) is 21.9. The molecule has 1 aromatic carbocycles. The third-order valence-corrected chi connectivity index (χ3v) is 6.45. The van der Waals surface area contributed by atoms with Crippen molar-refractivity contribution in [1.82, 2.24) is 10.2 Å². The molecule has 5 heteroatoms. The molecule has 0 aromatic heterocycles. The number of nitrogens with zero attached hydrogens (tertiary/aromatic N) is 1. The van der Waals surface area contributed by atoms with E-state index in [-0.39, 0.29) is 24.5 Å². The molecule has 1 atom stereocenters. The van der Waals surface area contributed by atoms with Crippen LogP contribution in [-0.2, 0) is 9.53 Å². The van der Waals surface area contributed by atoms with Gasteiger partial charge in [0, 0.05) is 6.54 Å². The lowest BCUT2D eigenvalue weighted by Gasteiger charge is -2.40. The van der Waals surface area contributed by atoms with Crippen molar-refractivity contribution in [2.45, 2.75) is 89.6 Å². The van der Waals surface area contributed by atoms with Crippen LogP contribution in [0.25, 0.3) is 0 Å². The van der Waals surface area contributed by atoms with Crippen LogP contribution in [0.15, 0.2) is 24.3 Å². The van der Waals surface area contributed by atoms with Crippen LogP contribution in [-0.4, -0.2) is 35.6 Å². The van der Waals surface area contributed by atoms with Gasteiger partial charge in [0.1, 0.15) is 0 Å². The number of carbonyl (C=O) groups is 2. The van der Waals surface area contributed by atoms with E-state index in [4.69, 9.17) is 4.74 Å². The van der Waals surface area contributed by atoms with Crippen LogP contribution in [0.5, 0.6) is 0 Å². The molecule has 1 aromatic rings. The molecule has 0 radical (unpaired) electrons. The van der Waals surface area contributed by atoms with Crippen LogP contribution in [0.2, 0.25) is 0 Å². The van der Waals surface area contributed by atoms with Gasteiger partial charge in [-0.1, -0.05) is 61.9 Å². The van der Waals surface area contributed by atoms with Crippen LogP contribution < -0.4 is 5.32 Å². The standard InChI is InChI=1S/C24H36N2O3/c1-3-29-22(27)18-24(15-7-5-8-16-24)25-23(28)26-17-9-4-6-10-21(26)20-13-11-19(2)12-14-20/h11-14,21H,3-10,15-18H2,1-2H3,(H,25,28)/t21-/m1/s1. The summed E-state index contributed by atoms with van der Waals surface area (Å²) in [4.78, 5) is 27.7. The number of nitrogens with one attached hydrogen (secondary N) is 1. The first-order valence-corrected chi connectivity index (χ1v) is 11.3. The van der Waals surface area contributed by atoms with Gasteiger partial charge in [-0.25, -0.2) is 4.79 Å². The molecule has 5 nitrogen and oxygen atoms in total. The van der Waals surface area contributed by atoms with Gasteiger partial charge in [-0.15, -0.1) is 0 Å². The summed E-state index contributed by atoms with van der Waals surface area (Å²) in [6.07, 6.45) is 9.52. The summed E-state index contributed by atoms with van der Waals surface area (Å²) in [6.45, 7) is 5.06. The molecule has 0 bridgehead atoms. The maximum Gasteiger partial charge on any atom is 0.318 e. The lowest BCUT2D eigenvalue weighted by Crippen LogP contribution is -2.55. The molecule has 1 saturated carbocycles. The van der Waals surface area contributed by atoms with Gasteiger partial charge < -0.3 is 15.0 Å². The van der Waals surface area contributed by atoms with Gasteiger partial charge in [-0.05, 0) is 45.1 Å². The third-order valence-electron chi connectivity index (χ3n) is 6.45. The summed E-state index contributed by atoms with van der Waals surface area (Å²) < 4.78 is 5.21. The quantitative estimate of drug-likeness (QED) is 0.684. The topological polar surface area (TPSA) is 58.6 Å². The second-order valence-corrected chi connectivity index (χ2v) is 8.72. The predicted octanol–water partition coefficient (Wildman–Crippen LogP) is 5.28. The monoisotopic (exact) mass is 400 g/mol. The minimum Gasteiger partial charge on any atom is -0.466 e. The van der Waals surface area contributed by atoms with Crippen molar-refractivity contribution in [2.75, 3.05) is 13.2 Å². The Kier molecular flexibility index (Phi) is 7.57. The number of rotatable bonds is 5. The highest BCUT2D eigenvalue weighted by molar-refractivity contribution is 5.78. The van der Waals surface area contributed by atoms with Crippen LogP contribution in [0.4, 0.5) is 4.79 Å². The molecule has 1 N–H and O–H groups in total. The van der Waals surface area contributed by atoms with Gasteiger partial charge in [0.25, 0.3) is 0 Å². The Bertz CT molecular complexity index is 680. The summed E-state index contributed by atoms with van der Waals surface area (Å²) in [5, 5.41) is 3.32. The van der Waals surface area contributed by atoms with Gasteiger partial charge in [0.2, 0.25) is 0 Å². The van der Waals surface area contributed by atoms with Crippen LogP contribution in [0.1, 0.15) is 88.3 Å². The number of hydrogen-bond donors (Lipinski definition) is 1. The molecule has 0 spiro atoms. The molecule has 160 valence electrons. The maximum atomic E-state index is 13.5. The molecular formula is C24H36N2O3. The minimum atomic E-state index is -0.467. The van der Waals surface area contributed by atoms with Gasteiger partial charge in [-0.3, -0.25) is 4.79 Å². The summed E-state index contributed by atoms with van der Waals surface area (Å²) in [7, 11) is 0. The molecular weight excluding hydrogens is 364 g/mol. The SMILES string of the molecule is CCOC(=O)CC1(NC(=O)N2CCCCC[C@@H]2c2ccc(C)cc2)CCCCC1. The number of benzene rings is 1. The number of ether oxygens (including phenoxy) is 1. The Morgan fingerprint density at radius 3 is 2.45 bits per heavy atom. The second-order valence-electron chi connectivity index (χ2n) is 8.72. The zero-order chi connectivity index (χ0) is 20.7. The van der Waals surface area contributed by atoms with Crippen molar-refractivity contribution in [3.05, 3.63) is 35.4 Å². The summed E-state index contributed by atoms with van der Waals surface area (Å²) in [5.41, 5.74) is 1.97. The molecule has 29 heavy (non-hydrogen) atoms. The summed E-state index contributed by atoms with van der Waals surface area (Å²) >= 11 is 0. The molecule has 2 amide bonds. The fourth-order valence-corrected chi connectivity index (χ4v) is 4.85. The molecule has 1 heterocycles. The number of likely N-dealkylation sites (tertiary alicyclic amines) is 1. The number of esters is 1. The molecule has 1 saturated heterocycles. The van der Waals surface area contributed by atoms with Crippen molar-refractivity contribution in [3.8, 4) is 0 Å². The molecule has 1 aliphatic carbocycles. The number of aryl methyl sites for hydroxylation is 1. The van der Waals surface area contributed by atoms with E-state index in [2.05, 4.69) is 36.5 Å². The number of urea groups is 1. The summed E-state index contributed by atoms with van der Waals surface area (Å²) in [6, 6.07) is 8.63. The Labute approximate surface area is 175 Å². The lowest BCUT2D eigenvalue weighted by atomic mass is 9.79. The average molecular weight is 401 g/mol. The zero-order valence-electron chi connectivity index (χ0n) is 18.0. The van der Waals surface area contributed by atoms with E-state index in [0.29, 0.717) is 6.61 Å². The van der Waals surface area contributed by atoms with Crippen molar-refractivity contribution in [2.24, 2.45) is 0 Å². The van der Waals surface area contributed by atoms with Gasteiger partial charge >= 0.3 is 12.0 Å². The smallest absolute Gasteiger partial charge is 0.318 e. The first-order valence-electron chi connectivity index (χ1n) is 11.3. The largest absolute Gasteiger partial charge is 0.466 e. The fraction of sp³-hybridized carbons (Fsp3) is 0.667. The second kappa shape index (κ2) is 10.1. The molecule has 2 fully saturated rings. The van der Waals surface area contributed by atoms with E-state index in [0.717, 1.165) is 64.3 Å². The van der Waals surface area contributed by atoms with E-state index in [1.54, 1.807) is 0 Å². The Morgan fingerprint density at radius 2 is 1.76 bits per heavy atom. The lowest BCUT2D eigenvalue weighted by molar-refractivity contribution is -0.145. The third kappa shape index (κ3) is 5.74. The van der Waals surface area contributed by atoms with Crippen molar-refractivity contribution in [1.29, 1.82) is 0 Å². The predicted molar refractivity (Wildman–Crippen MR) is 115 cm³/mol. The Hall–Kier alpha value is -2.04. The highest BCUT2D eigenvalue weighted by Crippen LogP contribution is 2.34. The molecule has 1 aliphatic heterocycles. The van der Waals surface area contributed by atoms with Crippen molar-refractivity contribution >= 4 is 12.0 Å². The summed E-state index contributed by atoms with van der Waals surface area (Å²) in [5.74, 6) is -0.208. The highest BCUT2D eigenvalue weighted by atomic mass is 16.5. The molecule has 3 rings (SSSR count). The van der Waals surface area contributed by atoms with Crippen LogP contribution in [0, 0.1) is 6.92 Å². The Balaban J connectivity index is 1.78. The first-order chi connectivity index (χ1) is 14.0. The van der Waals surface area contributed by atoms with Crippen LogP contribution in [0.3, 0.4) is 0 Å². The van der Waals surface area contributed by atoms with E-state index >= 15 is 0 Å². The molecule has 2 aliphatic rings. The zero-order valence-corrected chi connectivity index (χ0v) is 18.0. The van der Waals surface area contributed by atoms with Crippen molar-refractivity contribution < 1.29 is 14.3 Å².